The Balaban J connectivity index is 2.39. The van der Waals surface area contributed by atoms with Crippen LogP contribution in [0.5, 0.6) is 0 Å². The van der Waals surface area contributed by atoms with Crippen molar-refractivity contribution in [3.63, 3.8) is 0 Å². The van der Waals surface area contributed by atoms with Crippen LogP contribution in [0.4, 0.5) is 0 Å². The molecule has 1 saturated heterocycles. The van der Waals surface area contributed by atoms with E-state index in [-0.39, 0.29) is 19.4 Å². The van der Waals surface area contributed by atoms with Gasteiger partial charge >= 0.3 is 11.9 Å². The van der Waals surface area contributed by atoms with Gasteiger partial charge < -0.3 is 34.3 Å². The van der Waals surface area contributed by atoms with Crippen LogP contribution in [0.2, 0.25) is 0 Å². The number of unbranched alkanes of at least 4 members (excludes halogenated alkanes) is 26. The fraction of sp³-hybridized carbons (Fsp3) is 0.913. The molecule has 1 heterocycles. The van der Waals surface area contributed by atoms with Crippen molar-refractivity contribution in [3.05, 3.63) is 12.2 Å². The lowest BCUT2D eigenvalue weighted by Crippen LogP contribution is -2.60. The molecule has 12 nitrogen and oxygen atoms in total. The van der Waals surface area contributed by atoms with E-state index < -0.39 is 71.2 Å². The van der Waals surface area contributed by atoms with Crippen molar-refractivity contribution in [2.45, 2.75) is 250 Å². The van der Waals surface area contributed by atoms with Crippen LogP contribution in [0.3, 0.4) is 0 Å². The average molecular weight is 863 g/mol. The van der Waals surface area contributed by atoms with Crippen LogP contribution in [0, 0.1) is 0 Å². The van der Waals surface area contributed by atoms with Crippen LogP contribution in [-0.2, 0) is 38.7 Å². The Bertz CT molecular complexity index is 1150. The van der Waals surface area contributed by atoms with E-state index in [1.807, 2.05) is 0 Å². The lowest BCUT2D eigenvalue weighted by atomic mass is 10.00. The maximum Gasteiger partial charge on any atom is 0.306 e. The van der Waals surface area contributed by atoms with Crippen molar-refractivity contribution in [3.8, 4) is 0 Å². The molecular formula is C46H86O12S. The molecule has 0 aliphatic carbocycles. The number of rotatable bonds is 40. The molecule has 0 bridgehead atoms. The van der Waals surface area contributed by atoms with E-state index >= 15 is 0 Å². The minimum atomic E-state index is -4.60. The third kappa shape index (κ3) is 31.8. The SMILES string of the molecule is CCCCC/C=C/CCCCCCCC(=O)OC[C@H](CO[C@H]1O[C@H](CS(=O)(=O)O)[C@@H](O)C(O)C1O)OC(=O)CCCCCCCCCCCCCCCCCCCCC. The zero-order chi connectivity index (χ0) is 43.4. The molecule has 1 fully saturated rings. The molecule has 348 valence electrons. The second-order valence-corrected chi connectivity index (χ2v) is 18.3. The first kappa shape index (κ1) is 55.4. The summed E-state index contributed by atoms with van der Waals surface area (Å²) >= 11 is 0. The van der Waals surface area contributed by atoms with Gasteiger partial charge in [-0.2, -0.15) is 8.42 Å². The summed E-state index contributed by atoms with van der Waals surface area (Å²) in [5.74, 6) is -1.98. The van der Waals surface area contributed by atoms with Gasteiger partial charge in [0, 0.05) is 12.8 Å². The van der Waals surface area contributed by atoms with Gasteiger partial charge in [-0.05, 0) is 38.5 Å². The van der Waals surface area contributed by atoms with Crippen molar-refractivity contribution in [2.24, 2.45) is 0 Å². The first-order chi connectivity index (χ1) is 28.5. The van der Waals surface area contributed by atoms with E-state index in [1.165, 1.54) is 116 Å². The Morgan fingerprint density at radius 2 is 0.966 bits per heavy atom. The number of ether oxygens (including phenoxy) is 4. The number of aliphatic hydroxyl groups excluding tert-OH is 3. The Kier molecular flexibility index (Phi) is 34.7. The molecule has 13 heteroatoms. The predicted octanol–water partition coefficient (Wildman–Crippen LogP) is 9.84. The van der Waals surface area contributed by atoms with Crippen LogP contribution in [0.1, 0.15) is 213 Å². The average Bonchev–Trinajstić information content (AvgIpc) is 3.20. The lowest BCUT2D eigenvalue weighted by Gasteiger charge is -2.40. The van der Waals surface area contributed by atoms with E-state index in [0.717, 1.165) is 57.8 Å². The van der Waals surface area contributed by atoms with Gasteiger partial charge in [-0.15, -0.1) is 0 Å². The van der Waals surface area contributed by atoms with Gasteiger partial charge in [-0.1, -0.05) is 174 Å². The summed E-state index contributed by atoms with van der Waals surface area (Å²) in [7, 11) is -4.60. The van der Waals surface area contributed by atoms with Gasteiger partial charge in [0.2, 0.25) is 0 Å². The molecule has 1 aliphatic heterocycles. The fourth-order valence-corrected chi connectivity index (χ4v) is 8.07. The number of aliphatic hydroxyl groups is 3. The molecular weight excluding hydrogens is 777 g/mol. The second kappa shape index (κ2) is 37.0. The first-order valence-corrected chi connectivity index (χ1v) is 25.4. The molecule has 1 rings (SSSR count). The lowest BCUT2D eigenvalue weighted by molar-refractivity contribution is -0.297. The molecule has 0 aromatic rings. The Labute approximate surface area is 358 Å². The van der Waals surface area contributed by atoms with Crippen LogP contribution < -0.4 is 0 Å². The third-order valence-electron chi connectivity index (χ3n) is 11.1. The zero-order valence-electron chi connectivity index (χ0n) is 37.1. The van der Waals surface area contributed by atoms with Crippen LogP contribution in [-0.4, -0.2) is 96.0 Å². The van der Waals surface area contributed by atoms with E-state index in [1.54, 1.807) is 0 Å². The number of hydrogen-bond acceptors (Lipinski definition) is 11. The molecule has 6 atom stereocenters. The van der Waals surface area contributed by atoms with E-state index in [9.17, 15) is 37.9 Å². The van der Waals surface area contributed by atoms with Crippen LogP contribution >= 0.6 is 0 Å². The van der Waals surface area contributed by atoms with Gasteiger partial charge in [0.25, 0.3) is 10.1 Å². The van der Waals surface area contributed by atoms with Crippen LogP contribution in [0.15, 0.2) is 12.2 Å². The van der Waals surface area contributed by atoms with Gasteiger partial charge in [0.1, 0.15) is 36.8 Å². The summed E-state index contributed by atoms with van der Waals surface area (Å²) in [5.41, 5.74) is 0. The molecule has 0 aromatic carbocycles. The normalized spacial score (nSPS) is 20.3. The highest BCUT2D eigenvalue weighted by Gasteiger charge is 2.46. The Morgan fingerprint density at radius 1 is 0.559 bits per heavy atom. The summed E-state index contributed by atoms with van der Waals surface area (Å²) < 4.78 is 54.1. The molecule has 0 aromatic heterocycles. The molecule has 4 N–H and O–H groups in total. The number of esters is 2. The van der Waals surface area contributed by atoms with Crippen molar-refractivity contribution in [1.29, 1.82) is 0 Å². The standard InChI is InChI=1S/C46H86O12S/c1-3-5-7-9-11-13-15-17-18-19-20-21-22-23-25-27-29-31-33-35-42(48)57-39(37-56-46-45(51)44(50)43(49)40(58-46)38-59(52,53)54)36-55-41(47)34-32-30-28-26-24-16-14-12-10-8-6-4-2/h12,14,39-40,43-46,49-51H,3-11,13,15-38H2,1-2H3,(H,52,53,54)/b14-12+/t39-,40-,43-,44?,45?,46+/m1/s1. The highest BCUT2D eigenvalue weighted by molar-refractivity contribution is 7.85. The summed E-state index contributed by atoms with van der Waals surface area (Å²) in [6.07, 6.45) is 29.7. The molecule has 59 heavy (non-hydrogen) atoms. The highest BCUT2D eigenvalue weighted by atomic mass is 32.2. The molecule has 1 aliphatic rings. The van der Waals surface area contributed by atoms with E-state index in [2.05, 4.69) is 26.0 Å². The Hall–Kier alpha value is -1.61. The van der Waals surface area contributed by atoms with Crippen molar-refractivity contribution in [2.75, 3.05) is 19.0 Å². The summed E-state index contributed by atoms with van der Waals surface area (Å²) in [6, 6.07) is 0. The van der Waals surface area contributed by atoms with Gasteiger partial charge in [-0.3, -0.25) is 14.1 Å². The number of carbonyl (C=O) groups is 2. The monoisotopic (exact) mass is 863 g/mol. The summed E-state index contributed by atoms with van der Waals surface area (Å²) in [5, 5.41) is 30.9. The molecule has 0 saturated carbocycles. The first-order valence-electron chi connectivity index (χ1n) is 23.7. The Morgan fingerprint density at radius 3 is 1.44 bits per heavy atom. The van der Waals surface area contributed by atoms with Gasteiger partial charge in [-0.25, -0.2) is 0 Å². The molecule has 0 radical (unpaired) electrons. The maximum atomic E-state index is 12.8. The minimum absolute atomic E-state index is 0.168. The maximum absolute atomic E-state index is 12.8. The largest absolute Gasteiger partial charge is 0.462 e. The number of carbonyl (C=O) groups excluding carboxylic acids is 2. The fourth-order valence-electron chi connectivity index (χ4n) is 7.38. The third-order valence-corrected chi connectivity index (χ3v) is 11.8. The van der Waals surface area contributed by atoms with Crippen LogP contribution in [0.25, 0.3) is 0 Å². The molecule has 0 spiro atoms. The van der Waals surface area contributed by atoms with E-state index in [4.69, 9.17) is 18.9 Å². The predicted molar refractivity (Wildman–Crippen MR) is 234 cm³/mol. The van der Waals surface area contributed by atoms with Crippen molar-refractivity contribution < 1.29 is 56.8 Å². The van der Waals surface area contributed by atoms with Gasteiger partial charge in [0.15, 0.2) is 12.4 Å². The minimum Gasteiger partial charge on any atom is -0.462 e. The topological polar surface area (TPSA) is 186 Å². The number of hydrogen-bond donors (Lipinski definition) is 4. The second-order valence-electron chi connectivity index (χ2n) is 16.8. The summed E-state index contributed by atoms with van der Waals surface area (Å²) in [4.78, 5) is 25.4. The van der Waals surface area contributed by atoms with Crippen molar-refractivity contribution in [1.82, 2.24) is 0 Å². The summed E-state index contributed by atoms with van der Waals surface area (Å²) in [6.45, 7) is 3.75. The van der Waals surface area contributed by atoms with Crippen molar-refractivity contribution >= 4 is 22.1 Å². The molecule has 0 amide bonds. The van der Waals surface area contributed by atoms with E-state index in [0.29, 0.717) is 12.8 Å². The molecule has 2 unspecified atom stereocenters. The highest BCUT2D eigenvalue weighted by Crippen LogP contribution is 2.24. The number of allylic oxidation sites excluding steroid dienone is 2. The smallest absolute Gasteiger partial charge is 0.306 e. The van der Waals surface area contributed by atoms with Gasteiger partial charge in [0.05, 0.1) is 6.61 Å². The zero-order valence-corrected chi connectivity index (χ0v) is 37.9. The quantitative estimate of drug-likeness (QED) is 0.0198.